The Morgan fingerprint density at radius 1 is 1.58 bits per heavy atom. The molecule has 0 atom stereocenters. The van der Waals surface area contributed by atoms with Crippen LogP contribution in [-0.2, 0) is 4.79 Å². The van der Waals surface area contributed by atoms with Crippen LogP contribution < -0.4 is 0 Å². The van der Waals surface area contributed by atoms with E-state index in [1.165, 1.54) is 6.08 Å². The second-order valence-corrected chi connectivity index (χ2v) is 2.37. The standard InChI is InChI=1S/C8H9NO3/c1-5-6(2)12-7(9-5)3-4-8(10)11/h3-4H,1-2H3,(H,10,11)/b4-3+. The average molecular weight is 167 g/mol. The number of carboxylic acid groups (broad SMARTS) is 1. The number of carbonyl (C=O) groups is 1. The van der Waals surface area contributed by atoms with Crippen molar-refractivity contribution < 1.29 is 14.3 Å². The highest BCUT2D eigenvalue weighted by Crippen LogP contribution is 2.09. The molecule has 1 N–H and O–H groups in total. The zero-order valence-corrected chi connectivity index (χ0v) is 6.87. The van der Waals surface area contributed by atoms with Crippen LogP contribution >= 0.6 is 0 Å². The lowest BCUT2D eigenvalue weighted by atomic mass is 10.4. The molecule has 0 saturated heterocycles. The van der Waals surface area contributed by atoms with Crippen molar-refractivity contribution >= 4 is 12.0 Å². The van der Waals surface area contributed by atoms with E-state index in [4.69, 9.17) is 9.52 Å². The fourth-order valence-corrected chi connectivity index (χ4v) is 0.711. The highest BCUT2D eigenvalue weighted by molar-refractivity contribution is 5.84. The molecule has 0 bridgehead atoms. The summed E-state index contributed by atoms with van der Waals surface area (Å²) >= 11 is 0. The lowest BCUT2D eigenvalue weighted by Crippen LogP contribution is -1.85. The first kappa shape index (κ1) is 8.52. The molecular weight excluding hydrogens is 158 g/mol. The zero-order chi connectivity index (χ0) is 9.14. The summed E-state index contributed by atoms with van der Waals surface area (Å²) in [7, 11) is 0. The van der Waals surface area contributed by atoms with Gasteiger partial charge in [0.15, 0.2) is 0 Å². The Morgan fingerprint density at radius 3 is 2.67 bits per heavy atom. The molecule has 0 aliphatic heterocycles. The Balaban J connectivity index is 2.83. The second-order valence-electron chi connectivity index (χ2n) is 2.37. The van der Waals surface area contributed by atoms with Gasteiger partial charge in [0.25, 0.3) is 0 Å². The largest absolute Gasteiger partial charge is 0.478 e. The van der Waals surface area contributed by atoms with E-state index in [1.807, 2.05) is 0 Å². The maximum Gasteiger partial charge on any atom is 0.328 e. The summed E-state index contributed by atoms with van der Waals surface area (Å²) in [5.41, 5.74) is 0.778. The van der Waals surface area contributed by atoms with E-state index >= 15 is 0 Å². The van der Waals surface area contributed by atoms with Gasteiger partial charge in [-0.15, -0.1) is 0 Å². The molecule has 0 aliphatic carbocycles. The van der Waals surface area contributed by atoms with E-state index in [2.05, 4.69) is 4.98 Å². The normalized spacial score (nSPS) is 10.8. The van der Waals surface area contributed by atoms with Crippen molar-refractivity contribution in [1.29, 1.82) is 0 Å². The van der Waals surface area contributed by atoms with Gasteiger partial charge in [-0.05, 0) is 13.8 Å². The van der Waals surface area contributed by atoms with E-state index < -0.39 is 5.97 Å². The van der Waals surface area contributed by atoms with Crippen LogP contribution in [0.3, 0.4) is 0 Å². The van der Waals surface area contributed by atoms with Crippen LogP contribution in [0.4, 0.5) is 0 Å². The van der Waals surface area contributed by atoms with Crippen LogP contribution in [0, 0.1) is 13.8 Å². The minimum atomic E-state index is -1.01. The van der Waals surface area contributed by atoms with E-state index in [0.717, 1.165) is 11.8 Å². The monoisotopic (exact) mass is 167 g/mol. The maximum absolute atomic E-state index is 10.1. The quantitative estimate of drug-likeness (QED) is 0.676. The van der Waals surface area contributed by atoms with Crippen LogP contribution in [-0.4, -0.2) is 16.1 Å². The Morgan fingerprint density at radius 2 is 2.25 bits per heavy atom. The van der Waals surface area contributed by atoms with E-state index in [0.29, 0.717) is 11.7 Å². The third kappa shape index (κ3) is 1.95. The Bertz CT molecular complexity index is 306. The Labute approximate surface area is 69.5 Å². The lowest BCUT2D eigenvalue weighted by molar-refractivity contribution is -0.131. The van der Waals surface area contributed by atoms with E-state index in [9.17, 15) is 4.79 Å². The SMILES string of the molecule is Cc1nc(/C=C/C(=O)O)oc1C. The van der Waals surface area contributed by atoms with Gasteiger partial charge >= 0.3 is 5.97 Å². The third-order valence-electron chi connectivity index (χ3n) is 1.41. The van der Waals surface area contributed by atoms with Gasteiger partial charge in [-0.3, -0.25) is 0 Å². The smallest absolute Gasteiger partial charge is 0.328 e. The number of carboxylic acids is 1. The molecule has 0 unspecified atom stereocenters. The lowest BCUT2D eigenvalue weighted by Gasteiger charge is -1.80. The molecule has 0 aliphatic rings. The summed E-state index contributed by atoms with van der Waals surface area (Å²) in [5, 5.41) is 8.29. The number of nitrogens with zero attached hydrogens (tertiary/aromatic N) is 1. The van der Waals surface area contributed by atoms with Gasteiger partial charge in [-0.25, -0.2) is 9.78 Å². The van der Waals surface area contributed by atoms with Crippen molar-refractivity contribution in [1.82, 2.24) is 4.98 Å². The average Bonchev–Trinajstić information content (AvgIpc) is 2.28. The van der Waals surface area contributed by atoms with Crippen LogP contribution in [0.1, 0.15) is 17.3 Å². The van der Waals surface area contributed by atoms with Crippen molar-refractivity contribution in [3.05, 3.63) is 23.4 Å². The van der Waals surface area contributed by atoms with Crippen molar-refractivity contribution in [3.8, 4) is 0 Å². The molecule has 1 heterocycles. The number of oxazole rings is 1. The van der Waals surface area contributed by atoms with Crippen molar-refractivity contribution in [3.63, 3.8) is 0 Å². The van der Waals surface area contributed by atoms with Crippen LogP contribution in [0.15, 0.2) is 10.5 Å². The first-order chi connectivity index (χ1) is 5.59. The topological polar surface area (TPSA) is 63.3 Å². The van der Waals surface area contributed by atoms with Gasteiger partial charge in [0.2, 0.25) is 5.89 Å². The maximum atomic E-state index is 10.1. The number of aromatic nitrogens is 1. The predicted octanol–water partition coefficient (Wildman–Crippen LogP) is 1.39. The van der Waals surface area contributed by atoms with Gasteiger partial charge < -0.3 is 9.52 Å². The summed E-state index contributed by atoms with van der Waals surface area (Å²) in [4.78, 5) is 14.1. The predicted molar refractivity (Wildman–Crippen MR) is 42.6 cm³/mol. The highest BCUT2D eigenvalue weighted by Gasteiger charge is 2.01. The fourth-order valence-electron chi connectivity index (χ4n) is 0.711. The summed E-state index contributed by atoms with van der Waals surface area (Å²) in [6, 6.07) is 0. The zero-order valence-electron chi connectivity index (χ0n) is 6.87. The molecule has 64 valence electrons. The van der Waals surface area contributed by atoms with Gasteiger partial charge in [0.05, 0.1) is 5.69 Å². The molecule has 0 spiro atoms. The van der Waals surface area contributed by atoms with Gasteiger partial charge in [0.1, 0.15) is 5.76 Å². The molecule has 0 aromatic carbocycles. The number of hydrogen-bond acceptors (Lipinski definition) is 3. The molecule has 4 heteroatoms. The van der Waals surface area contributed by atoms with Crippen molar-refractivity contribution in [2.75, 3.05) is 0 Å². The molecule has 1 rings (SSSR count). The number of hydrogen-bond donors (Lipinski definition) is 1. The Kier molecular flexibility index (Phi) is 2.28. The molecule has 1 aromatic heterocycles. The molecule has 0 saturated carbocycles. The van der Waals surface area contributed by atoms with Gasteiger partial charge in [-0.1, -0.05) is 0 Å². The fraction of sp³-hybridized carbons (Fsp3) is 0.250. The van der Waals surface area contributed by atoms with Gasteiger partial charge in [0, 0.05) is 12.2 Å². The molecule has 1 aromatic rings. The van der Waals surface area contributed by atoms with E-state index in [-0.39, 0.29) is 0 Å². The third-order valence-corrected chi connectivity index (χ3v) is 1.41. The van der Waals surface area contributed by atoms with E-state index in [1.54, 1.807) is 13.8 Å². The number of aryl methyl sites for hydroxylation is 2. The van der Waals surface area contributed by atoms with Crippen molar-refractivity contribution in [2.24, 2.45) is 0 Å². The Hall–Kier alpha value is -1.58. The summed E-state index contributed by atoms with van der Waals surface area (Å²) in [6.07, 6.45) is 2.31. The summed E-state index contributed by atoms with van der Waals surface area (Å²) in [6.45, 7) is 3.58. The molecule has 12 heavy (non-hydrogen) atoms. The first-order valence-corrected chi connectivity index (χ1v) is 3.44. The minimum Gasteiger partial charge on any atom is -0.478 e. The summed E-state index contributed by atoms with van der Waals surface area (Å²) in [5.74, 6) is 0.0240. The number of aliphatic carboxylic acids is 1. The van der Waals surface area contributed by atoms with Crippen LogP contribution in [0.25, 0.3) is 6.08 Å². The molecule has 4 nitrogen and oxygen atoms in total. The van der Waals surface area contributed by atoms with Gasteiger partial charge in [-0.2, -0.15) is 0 Å². The van der Waals surface area contributed by atoms with Crippen molar-refractivity contribution in [2.45, 2.75) is 13.8 Å². The minimum absolute atomic E-state index is 0.326. The van der Waals surface area contributed by atoms with Crippen LogP contribution in [0.2, 0.25) is 0 Å². The first-order valence-electron chi connectivity index (χ1n) is 3.44. The highest BCUT2D eigenvalue weighted by atomic mass is 16.4. The summed E-state index contributed by atoms with van der Waals surface area (Å²) < 4.78 is 5.10. The molecule has 0 fully saturated rings. The number of rotatable bonds is 2. The molecule has 0 radical (unpaired) electrons. The second kappa shape index (κ2) is 3.21. The molecule has 0 amide bonds. The van der Waals surface area contributed by atoms with Crippen LogP contribution in [0.5, 0.6) is 0 Å². The molecular formula is C8H9NO3.